The first kappa shape index (κ1) is 13.7. The molecule has 3 nitrogen and oxygen atoms in total. The molecule has 1 amide bonds. The van der Waals surface area contributed by atoms with E-state index in [1.54, 1.807) is 28.8 Å². The third kappa shape index (κ3) is 2.99. The van der Waals surface area contributed by atoms with Gasteiger partial charge in [-0.2, -0.15) is 0 Å². The van der Waals surface area contributed by atoms with Crippen LogP contribution in [0, 0.1) is 0 Å². The van der Waals surface area contributed by atoms with Gasteiger partial charge in [-0.1, -0.05) is 18.5 Å². The quantitative estimate of drug-likeness (QED) is 0.924. The number of halogens is 1. The molecule has 1 aromatic carbocycles. The lowest BCUT2D eigenvalue weighted by molar-refractivity contribution is -0.116. The second-order valence-corrected chi connectivity index (χ2v) is 6.46. The summed E-state index contributed by atoms with van der Waals surface area (Å²) in [6.07, 6.45) is 0.830. The van der Waals surface area contributed by atoms with Gasteiger partial charge in [-0.05, 0) is 30.7 Å². The Morgan fingerprint density at radius 1 is 1.50 bits per heavy atom. The molecule has 0 aromatic heterocycles. The maximum absolute atomic E-state index is 12.2. The predicted octanol–water partition coefficient (Wildman–Crippen LogP) is 2.56. The maximum atomic E-state index is 12.2. The van der Waals surface area contributed by atoms with Gasteiger partial charge in [-0.25, -0.2) is 0 Å². The fourth-order valence-electron chi connectivity index (χ4n) is 1.98. The number of rotatable bonds is 4. The molecule has 1 N–H and O–H groups in total. The summed E-state index contributed by atoms with van der Waals surface area (Å²) in [5.41, 5.74) is 0.893. The number of aliphatic hydroxyl groups excluding tert-OH is 1. The highest BCUT2D eigenvalue weighted by Crippen LogP contribution is 2.31. The average molecular weight is 286 g/mol. The Hall–Kier alpha value is -0.710. The summed E-state index contributed by atoms with van der Waals surface area (Å²) in [5.74, 6) is 0.127. The predicted molar refractivity (Wildman–Crippen MR) is 76.3 cm³/mol. The lowest BCUT2D eigenvalue weighted by atomic mass is 10.3. The molecule has 0 spiro atoms. The van der Waals surface area contributed by atoms with Crippen molar-refractivity contribution in [3.05, 3.63) is 29.3 Å². The molecule has 1 saturated heterocycles. The maximum Gasteiger partial charge on any atom is 0.240 e. The van der Waals surface area contributed by atoms with E-state index in [1.165, 1.54) is 0 Å². The van der Waals surface area contributed by atoms with E-state index < -0.39 is 0 Å². The van der Waals surface area contributed by atoms with Crippen molar-refractivity contribution in [2.24, 2.45) is 0 Å². The van der Waals surface area contributed by atoms with Crippen molar-refractivity contribution in [1.82, 2.24) is 0 Å². The minimum Gasteiger partial charge on any atom is -0.395 e. The SMILES string of the molecule is C[C@@H](CO)S[C@@H]1CCN(c2ccc(Cl)cc2)C1=O. The summed E-state index contributed by atoms with van der Waals surface area (Å²) >= 11 is 7.39. The van der Waals surface area contributed by atoms with E-state index in [4.69, 9.17) is 16.7 Å². The molecule has 1 fully saturated rings. The van der Waals surface area contributed by atoms with E-state index in [2.05, 4.69) is 0 Å². The smallest absolute Gasteiger partial charge is 0.240 e. The van der Waals surface area contributed by atoms with E-state index in [0.717, 1.165) is 18.7 Å². The lowest BCUT2D eigenvalue weighted by Crippen LogP contribution is -2.28. The number of thioether (sulfide) groups is 1. The van der Waals surface area contributed by atoms with Gasteiger partial charge in [0.05, 0.1) is 11.9 Å². The van der Waals surface area contributed by atoms with Gasteiger partial charge in [0.1, 0.15) is 0 Å². The Balaban J connectivity index is 2.05. The number of carbonyl (C=O) groups excluding carboxylic acids is 1. The topological polar surface area (TPSA) is 40.5 Å². The fourth-order valence-corrected chi connectivity index (χ4v) is 3.24. The highest BCUT2D eigenvalue weighted by atomic mass is 35.5. The highest BCUT2D eigenvalue weighted by Gasteiger charge is 2.33. The second kappa shape index (κ2) is 5.95. The van der Waals surface area contributed by atoms with Crippen LogP contribution in [-0.2, 0) is 4.79 Å². The average Bonchev–Trinajstić information content (AvgIpc) is 2.72. The van der Waals surface area contributed by atoms with Crippen molar-refractivity contribution >= 4 is 35.0 Å². The third-order valence-corrected chi connectivity index (χ3v) is 4.58. The molecular weight excluding hydrogens is 270 g/mol. The number of nitrogens with zero attached hydrogens (tertiary/aromatic N) is 1. The molecule has 1 aliphatic heterocycles. The molecule has 0 saturated carbocycles. The summed E-state index contributed by atoms with van der Waals surface area (Å²) < 4.78 is 0. The Morgan fingerprint density at radius 2 is 2.17 bits per heavy atom. The van der Waals surface area contributed by atoms with Crippen LogP contribution in [0.2, 0.25) is 5.02 Å². The van der Waals surface area contributed by atoms with Gasteiger partial charge in [-0.3, -0.25) is 4.79 Å². The number of anilines is 1. The van der Waals surface area contributed by atoms with Gasteiger partial charge < -0.3 is 10.0 Å². The van der Waals surface area contributed by atoms with Crippen LogP contribution in [0.15, 0.2) is 24.3 Å². The van der Waals surface area contributed by atoms with Crippen molar-refractivity contribution < 1.29 is 9.90 Å². The summed E-state index contributed by atoms with van der Waals surface area (Å²) in [6.45, 7) is 2.77. The lowest BCUT2D eigenvalue weighted by Gasteiger charge is -2.17. The minimum atomic E-state index is -0.0390. The molecule has 5 heteroatoms. The minimum absolute atomic E-state index is 0.0390. The van der Waals surface area contributed by atoms with Crippen LogP contribution in [0.4, 0.5) is 5.69 Å². The summed E-state index contributed by atoms with van der Waals surface area (Å²) in [7, 11) is 0. The van der Waals surface area contributed by atoms with E-state index in [-0.39, 0.29) is 23.0 Å². The van der Waals surface area contributed by atoms with Crippen LogP contribution >= 0.6 is 23.4 Å². The first-order valence-corrected chi connectivity index (χ1v) is 7.27. The normalized spacial score (nSPS) is 21.4. The summed E-state index contributed by atoms with van der Waals surface area (Å²) in [6, 6.07) is 7.31. The Bertz CT molecular complexity index is 424. The molecule has 0 unspecified atom stereocenters. The molecule has 0 radical (unpaired) electrons. The van der Waals surface area contributed by atoms with Crippen LogP contribution in [-0.4, -0.2) is 34.7 Å². The number of hydrogen-bond acceptors (Lipinski definition) is 3. The number of carbonyl (C=O) groups is 1. The van der Waals surface area contributed by atoms with Gasteiger partial charge >= 0.3 is 0 Å². The molecule has 2 atom stereocenters. The molecular formula is C13H16ClNO2S. The number of aliphatic hydroxyl groups is 1. The van der Waals surface area contributed by atoms with Crippen molar-refractivity contribution in [2.45, 2.75) is 23.8 Å². The van der Waals surface area contributed by atoms with Crippen molar-refractivity contribution in [1.29, 1.82) is 0 Å². The number of hydrogen-bond donors (Lipinski definition) is 1. The van der Waals surface area contributed by atoms with E-state index in [0.29, 0.717) is 5.02 Å². The molecule has 1 heterocycles. The highest BCUT2D eigenvalue weighted by molar-refractivity contribution is 8.01. The molecule has 0 aliphatic carbocycles. The molecule has 18 heavy (non-hydrogen) atoms. The first-order valence-electron chi connectivity index (χ1n) is 5.95. The third-order valence-electron chi connectivity index (χ3n) is 2.95. The van der Waals surface area contributed by atoms with Crippen LogP contribution in [0.5, 0.6) is 0 Å². The molecule has 2 rings (SSSR count). The standard InChI is InChI=1S/C13H16ClNO2S/c1-9(8-16)18-12-6-7-15(13(12)17)11-4-2-10(14)3-5-11/h2-5,9,12,16H,6-8H2,1H3/t9-,12+/m0/s1. The van der Waals surface area contributed by atoms with Crippen LogP contribution < -0.4 is 4.90 Å². The Kier molecular flexibility index (Phi) is 4.54. The van der Waals surface area contributed by atoms with Crippen LogP contribution in [0.25, 0.3) is 0 Å². The largest absolute Gasteiger partial charge is 0.395 e. The number of benzene rings is 1. The first-order chi connectivity index (χ1) is 8.61. The zero-order valence-electron chi connectivity index (χ0n) is 10.2. The van der Waals surface area contributed by atoms with E-state index in [9.17, 15) is 4.79 Å². The Morgan fingerprint density at radius 3 is 2.78 bits per heavy atom. The van der Waals surface area contributed by atoms with Gasteiger partial charge in [0.25, 0.3) is 0 Å². The second-order valence-electron chi connectivity index (χ2n) is 4.37. The van der Waals surface area contributed by atoms with Crippen molar-refractivity contribution in [3.63, 3.8) is 0 Å². The van der Waals surface area contributed by atoms with Gasteiger partial charge in [-0.15, -0.1) is 11.8 Å². The summed E-state index contributed by atoms with van der Waals surface area (Å²) in [4.78, 5) is 14.0. The molecule has 1 aromatic rings. The number of amides is 1. The Labute approximate surface area is 116 Å². The summed E-state index contributed by atoms with van der Waals surface area (Å²) in [5, 5.41) is 9.77. The zero-order chi connectivity index (χ0) is 13.1. The van der Waals surface area contributed by atoms with E-state index in [1.807, 2.05) is 19.1 Å². The van der Waals surface area contributed by atoms with Crippen molar-refractivity contribution in [3.8, 4) is 0 Å². The zero-order valence-corrected chi connectivity index (χ0v) is 11.7. The molecule has 0 bridgehead atoms. The van der Waals surface area contributed by atoms with Gasteiger partial charge in [0, 0.05) is 22.5 Å². The fraction of sp³-hybridized carbons (Fsp3) is 0.462. The van der Waals surface area contributed by atoms with Crippen LogP contribution in [0.1, 0.15) is 13.3 Å². The van der Waals surface area contributed by atoms with Crippen molar-refractivity contribution in [2.75, 3.05) is 18.1 Å². The van der Waals surface area contributed by atoms with Gasteiger partial charge in [0.15, 0.2) is 0 Å². The monoisotopic (exact) mass is 285 g/mol. The molecule has 98 valence electrons. The van der Waals surface area contributed by atoms with Crippen LogP contribution in [0.3, 0.4) is 0 Å². The molecule has 1 aliphatic rings. The van der Waals surface area contributed by atoms with Gasteiger partial charge in [0.2, 0.25) is 5.91 Å². The van der Waals surface area contributed by atoms with E-state index >= 15 is 0 Å².